The van der Waals surface area contributed by atoms with Gasteiger partial charge in [0.2, 0.25) is 0 Å². The summed E-state index contributed by atoms with van der Waals surface area (Å²) in [5.41, 5.74) is 7.38. The number of nitrogens with zero attached hydrogens (tertiary/aromatic N) is 1. The molecule has 15 heavy (non-hydrogen) atoms. The van der Waals surface area contributed by atoms with Crippen LogP contribution in [0.3, 0.4) is 0 Å². The fraction of sp³-hybridized carbons (Fsp3) is 0.364. The Labute approximate surface area is 101 Å². The number of thiocarbonyl (C=S) groups is 1. The van der Waals surface area contributed by atoms with Crippen molar-refractivity contribution in [3.05, 3.63) is 28.8 Å². The summed E-state index contributed by atoms with van der Waals surface area (Å²) in [6, 6.07) is 5.77. The molecule has 82 valence electrons. The lowest BCUT2D eigenvalue weighted by Gasteiger charge is -2.21. The third-order valence-corrected chi connectivity index (χ3v) is 2.88. The summed E-state index contributed by atoms with van der Waals surface area (Å²) in [7, 11) is 0. The van der Waals surface area contributed by atoms with Crippen molar-refractivity contribution < 1.29 is 0 Å². The molecule has 4 heteroatoms. The van der Waals surface area contributed by atoms with E-state index >= 15 is 0 Å². The summed E-state index contributed by atoms with van der Waals surface area (Å²) < 4.78 is 0. The van der Waals surface area contributed by atoms with Gasteiger partial charge in [0.25, 0.3) is 0 Å². The molecule has 0 fully saturated rings. The molecule has 0 saturated carbocycles. The van der Waals surface area contributed by atoms with E-state index in [-0.39, 0.29) is 0 Å². The van der Waals surface area contributed by atoms with Crippen LogP contribution in [0.15, 0.2) is 18.2 Å². The molecule has 2 nitrogen and oxygen atoms in total. The van der Waals surface area contributed by atoms with Gasteiger partial charge in [-0.3, -0.25) is 0 Å². The van der Waals surface area contributed by atoms with Gasteiger partial charge >= 0.3 is 0 Å². The Morgan fingerprint density at radius 3 is 2.40 bits per heavy atom. The maximum Gasteiger partial charge on any atom is 0.105 e. The molecule has 1 aromatic rings. The molecule has 0 aliphatic rings. The molecular weight excluding hydrogens is 228 g/mol. The first kappa shape index (κ1) is 12.3. The molecule has 0 aromatic heterocycles. The van der Waals surface area contributed by atoms with Crippen LogP contribution in [-0.4, -0.2) is 18.1 Å². The number of anilines is 1. The maximum atomic E-state index is 6.09. The van der Waals surface area contributed by atoms with Crippen molar-refractivity contribution in [1.29, 1.82) is 0 Å². The van der Waals surface area contributed by atoms with E-state index in [1.807, 2.05) is 18.2 Å². The Balaban J connectivity index is 3.05. The third-order valence-electron chi connectivity index (χ3n) is 2.35. The summed E-state index contributed by atoms with van der Waals surface area (Å²) in [4.78, 5) is 2.56. The Bertz CT molecular complexity index is 362. The number of halogens is 1. The average Bonchev–Trinajstić information content (AvgIpc) is 2.19. The summed E-state index contributed by atoms with van der Waals surface area (Å²) in [5, 5.41) is 0.618. The lowest BCUT2D eigenvalue weighted by molar-refractivity contribution is 0.866. The maximum absolute atomic E-state index is 6.09. The van der Waals surface area contributed by atoms with Crippen LogP contribution in [0, 0.1) is 0 Å². The first-order valence-electron chi connectivity index (χ1n) is 4.94. The zero-order valence-electron chi connectivity index (χ0n) is 8.96. The molecule has 0 unspecified atom stereocenters. The van der Waals surface area contributed by atoms with Gasteiger partial charge in [-0.1, -0.05) is 23.8 Å². The number of rotatable bonds is 4. The van der Waals surface area contributed by atoms with E-state index in [0.29, 0.717) is 10.0 Å². The van der Waals surface area contributed by atoms with Gasteiger partial charge in [-0.05, 0) is 32.0 Å². The number of benzene rings is 1. The lowest BCUT2D eigenvalue weighted by Crippen LogP contribution is -2.22. The molecule has 0 radical (unpaired) electrons. The molecule has 2 N–H and O–H groups in total. The van der Waals surface area contributed by atoms with Gasteiger partial charge < -0.3 is 10.6 Å². The second-order valence-electron chi connectivity index (χ2n) is 3.20. The van der Waals surface area contributed by atoms with Gasteiger partial charge in [0, 0.05) is 24.3 Å². The first-order chi connectivity index (χ1) is 7.10. The van der Waals surface area contributed by atoms with E-state index in [9.17, 15) is 0 Å². The highest BCUT2D eigenvalue weighted by Crippen LogP contribution is 2.23. The van der Waals surface area contributed by atoms with Crippen LogP contribution >= 0.6 is 23.8 Å². The Morgan fingerprint density at radius 1 is 1.40 bits per heavy atom. The fourth-order valence-corrected chi connectivity index (χ4v) is 2.00. The second-order valence-corrected chi connectivity index (χ2v) is 4.05. The number of nitrogens with two attached hydrogens (primary N) is 1. The molecule has 0 aliphatic carbocycles. The molecule has 1 rings (SSSR count). The Morgan fingerprint density at radius 2 is 2.00 bits per heavy atom. The van der Waals surface area contributed by atoms with E-state index in [1.54, 1.807) is 0 Å². The molecule has 0 atom stereocenters. The Hall–Kier alpha value is -0.800. The van der Waals surface area contributed by atoms with E-state index in [1.165, 1.54) is 0 Å². The quantitative estimate of drug-likeness (QED) is 0.824. The van der Waals surface area contributed by atoms with Crippen molar-refractivity contribution in [3.8, 4) is 0 Å². The van der Waals surface area contributed by atoms with E-state index in [4.69, 9.17) is 29.6 Å². The SMILES string of the molecule is CCN(CC)c1ccc(C(N)=S)c(Cl)c1. The topological polar surface area (TPSA) is 29.3 Å². The minimum absolute atomic E-state index is 0.339. The first-order valence-corrected chi connectivity index (χ1v) is 5.73. The molecular formula is C11H15ClN2S. The predicted molar refractivity (Wildman–Crippen MR) is 70.9 cm³/mol. The van der Waals surface area contributed by atoms with Crippen molar-refractivity contribution in [1.82, 2.24) is 0 Å². The summed E-state index contributed by atoms with van der Waals surface area (Å²) >= 11 is 11.0. The molecule has 1 aromatic carbocycles. The molecule has 0 amide bonds. The molecule has 0 spiro atoms. The highest BCUT2D eigenvalue weighted by Gasteiger charge is 2.07. The van der Waals surface area contributed by atoms with Crippen LogP contribution < -0.4 is 10.6 Å². The summed E-state index contributed by atoms with van der Waals surface area (Å²) in [6.07, 6.45) is 0. The van der Waals surface area contributed by atoms with Gasteiger partial charge in [-0.2, -0.15) is 0 Å². The van der Waals surface area contributed by atoms with Crippen LogP contribution in [0.1, 0.15) is 19.4 Å². The van der Waals surface area contributed by atoms with E-state index in [0.717, 1.165) is 24.3 Å². The highest BCUT2D eigenvalue weighted by atomic mass is 35.5. The minimum atomic E-state index is 0.339. The predicted octanol–water partition coefficient (Wildman–Crippen LogP) is 2.82. The lowest BCUT2D eigenvalue weighted by atomic mass is 10.2. The zero-order valence-corrected chi connectivity index (χ0v) is 10.5. The van der Waals surface area contributed by atoms with Crippen LogP contribution in [0.25, 0.3) is 0 Å². The van der Waals surface area contributed by atoms with Gasteiger partial charge in [0.15, 0.2) is 0 Å². The third kappa shape index (κ3) is 2.83. The van der Waals surface area contributed by atoms with Gasteiger partial charge in [0.05, 0.1) is 5.02 Å². The monoisotopic (exact) mass is 242 g/mol. The van der Waals surface area contributed by atoms with Crippen molar-refractivity contribution >= 4 is 34.5 Å². The van der Waals surface area contributed by atoms with Crippen LogP contribution in [0.2, 0.25) is 5.02 Å². The zero-order chi connectivity index (χ0) is 11.4. The number of hydrogen-bond donors (Lipinski definition) is 1. The van der Waals surface area contributed by atoms with Gasteiger partial charge in [-0.25, -0.2) is 0 Å². The molecule has 0 heterocycles. The van der Waals surface area contributed by atoms with Crippen LogP contribution in [0.5, 0.6) is 0 Å². The van der Waals surface area contributed by atoms with Crippen molar-refractivity contribution in [2.75, 3.05) is 18.0 Å². The standard InChI is InChI=1S/C11H15ClN2S/c1-3-14(4-2)8-5-6-9(11(13)15)10(12)7-8/h5-7H,3-4H2,1-2H3,(H2,13,15). The minimum Gasteiger partial charge on any atom is -0.389 e. The van der Waals surface area contributed by atoms with Crippen molar-refractivity contribution in [3.63, 3.8) is 0 Å². The van der Waals surface area contributed by atoms with Crippen molar-refractivity contribution in [2.45, 2.75) is 13.8 Å². The van der Waals surface area contributed by atoms with Gasteiger partial charge in [-0.15, -0.1) is 0 Å². The molecule has 0 bridgehead atoms. The number of hydrogen-bond acceptors (Lipinski definition) is 2. The summed E-state index contributed by atoms with van der Waals surface area (Å²) in [6.45, 7) is 6.14. The Kier molecular flexibility index (Phi) is 4.36. The van der Waals surface area contributed by atoms with Crippen LogP contribution in [0.4, 0.5) is 5.69 Å². The van der Waals surface area contributed by atoms with Crippen LogP contribution in [-0.2, 0) is 0 Å². The fourth-order valence-electron chi connectivity index (χ4n) is 1.49. The normalized spacial score (nSPS) is 10.1. The smallest absolute Gasteiger partial charge is 0.105 e. The largest absolute Gasteiger partial charge is 0.389 e. The van der Waals surface area contributed by atoms with Gasteiger partial charge in [0.1, 0.15) is 4.99 Å². The second kappa shape index (κ2) is 5.33. The molecule has 0 saturated heterocycles. The van der Waals surface area contributed by atoms with E-state index < -0.39 is 0 Å². The van der Waals surface area contributed by atoms with E-state index in [2.05, 4.69) is 18.7 Å². The average molecular weight is 243 g/mol. The highest BCUT2D eigenvalue weighted by molar-refractivity contribution is 7.80. The molecule has 0 aliphatic heterocycles. The van der Waals surface area contributed by atoms with Crippen molar-refractivity contribution in [2.24, 2.45) is 5.73 Å². The summed E-state index contributed by atoms with van der Waals surface area (Å²) in [5.74, 6) is 0.